The number of nitrogens with two attached hydrogens (primary N) is 1. The molecule has 2 aromatic rings. The molecule has 2 amide bonds. The van der Waals surface area contributed by atoms with Crippen molar-refractivity contribution < 1.29 is 14.0 Å². The maximum Gasteiger partial charge on any atom is 0.287 e. The summed E-state index contributed by atoms with van der Waals surface area (Å²) < 4.78 is 5.13. The third-order valence-electron chi connectivity index (χ3n) is 4.77. The van der Waals surface area contributed by atoms with Gasteiger partial charge in [0.15, 0.2) is 5.76 Å². The summed E-state index contributed by atoms with van der Waals surface area (Å²) in [4.78, 5) is 25.2. The number of furan rings is 1. The average Bonchev–Trinajstić information content (AvgIpc) is 3.19. The highest BCUT2D eigenvalue weighted by Crippen LogP contribution is 2.17. The van der Waals surface area contributed by atoms with Crippen molar-refractivity contribution in [3.8, 4) is 0 Å². The van der Waals surface area contributed by atoms with E-state index in [-0.39, 0.29) is 23.8 Å². The molecule has 1 aliphatic rings. The van der Waals surface area contributed by atoms with Crippen molar-refractivity contribution in [1.29, 1.82) is 0 Å². The second-order valence-corrected chi connectivity index (χ2v) is 6.81. The first-order valence-electron chi connectivity index (χ1n) is 9.06. The first-order valence-corrected chi connectivity index (χ1v) is 9.06. The van der Waals surface area contributed by atoms with Crippen LogP contribution in [-0.4, -0.2) is 29.9 Å². The van der Waals surface area contributed by atoms with Crippen LogP contribution < -0.4 is 16.4 Å². The first kappa shape index (κ1) is 18.2. The minimum atomic E-state index is -0.661. The van der Waals surface area contributed by atoms with E-state index in [2.05, 4.69) is 10.6 Å². The Labute approximate surface area is 153 Å². The van der Waals surface area contributed by atoms with Crippen LogP contribution in [0.4, 0.5) is 0 Å². The van der Waals surface area contributed by atoms with Crippen molar-refractivity contribution >= 4 is 11.8 Å². The quantitative estimate of drug-likeness (QED) is 0.738. The van der Waals surface area contributed by atoms with Crippen LogP contribution in [0.15, 0.2) is 53.1 Å². The number of benzene rings is 1. The van der Waals surface area contributed by atoms with Gasteiger partial charge in [-0.2, -0.15) is 0 Å². The topological polar surface area (TPSA) is 97.4 Å². The zero-order chi connectivity index (χ0) is 18.4. The molecule has 1 saturated carbocycles. The number of carbonyl (C=O) groups excluding carboxylic acids is 2. The Morgan fingerprint density at radius 2 is 1.81 bits per heavy atom. The van der Waals surface area contributed by atoms with Crippen LogP contribution in [0.3, 0.4) is 0 Å². The lowest BCUT2D eigenvalue weighted by atomic mass is 9.91. The lowest BCUT2D eigenvalue weighted by Gasteiger charge is -2.28. The van der Waals surface area contributed by atoms with E-state index in [0.717, 1.165) is 31.2 Å². The molecule has 0 saturated heterocycles. The van der Waals surface area contributed by atoms with Gasteiger partial charge in [-0.25, -0.2) is 0 Å². The van der Waals surface area contributed by atoms with Gasteiger partial charge in [0.05, 0.1) is 6.26 Å². The van der Waals surface area contributed by atoms with Crippen LogP contribution in [0.25, 0.3) is 0 Å². The van der Waals surface area contributed by atoms with Gasteiger partial charge in [0.1, 0.15) is 6.04 Å². The van der Waals surface area contributed by atoms with E-state index < -0.39 is 11.9 Å². The number of hydrogen-bond acceptors (Lipinski definition) is 4. The van der Waals surface area contributed by atoms with Crippen molar-refractivity contribution in [2.24, 2.45) is 5.73 Å². The Morgan fingerprint density at radius 1 is 1.08 bits per heavy atom. The fourth-order valence-corrected chi connectivity index (χ4v) is 3.26. The predicted octanol–water partition coefficient (Wildman–Crippen LogP) is 2.01. The van der Waals surface area contributed by atoms with E-state index in [9.17, 15) is 9.59 Å². The summed E-state index contributed by atoms with van der Waals surface area (Å²) in [5, 5.41) is 5.87. The van der Waals surface area contributed by atoms with Crippen LogP contribution in [0, 0.1) is 0 Å². The lowest BCUT2D eigenvalue weighted by molar-refractivity contribution is -0.123. The van der Waals surface area contributed by atoms with E-state index in [4.69, 9.17) is 10.2 Å². The molecule has 1 aromatic heterocycles. The summed E-state index contributed by atoms with van der Waals surface area (Å²) >= 11 is 0. The van der Waals surface area contributed by atoms with Crippen LogP contribution in [-0.2, 0) is 11.2 Å². The Balaban J connectivity index is 1.67. The van der Waals surface area contributed by atoms with Crippen molar-refractivity contribution in [1.82, 2.24) is 10.6 Å². The molecule has 26 heavy (non-hydrogen) atoms. The highest BCUT2D eigenvalue weighted by molar-refractivity contribution is 5.95. The molecular formula is C20H25N3O3. The number of nitrogens with one attached hydrogen (secondary N) is 2. The molecule has 0 radical (unpaired) electrons. The fourth-order valence-electron chi connectivity index (χ4n) is 3.26. The molecule has 0 bridgehead atoms. The highest BCUT2D eigenvalue weighted by Gasteiger charge is 2.26. The van der Waals surface area contributed by atoms with Crippen molar-refractivity contribution in [3.63, 3.8) is 0 Å². The molecule has 1 atom stereocenters. The summed E-state index contributed by atoms with van der Waals surface area (Å²) in [6.45, 7) is 0. The summed E-state index contributed by atoms with van der Waals surface area (Å²) in [5.74, 6) is -0.370. The Morgan fingerprint density at radius 3 is 2.46 bits per heavy atom. The van der Waals surface area contributed by atoms with Crippen LogP contribution in [0.5, 0.6) is 0 Å². The Bertz CT molecular complexity index is 707. The van der Waals surface area contributed by atoms with Crippen LogP contribution in [0.2, 0.25) is 0 Å². The molecule has 6 heteroatoms. The molecule has 0 aliphatic heterocycles. The Kier molecular flexibility index (Phi) is 6.07. The monoisotopic (exact) mass is 355 g/mol. The normalized spacial score (nSPS) is 21.0. The third-order valence-corrected chi connectivity index (χ3v) is 4.77. The zero-order valence-electron chi connectivity index (χ0n) is 14.7. The number of hydrogen-bond donors (Lipinski definition) is 3. The van der Waals surface area contributed by atoms with E-state index in [1.54, 1.807) is 12.1 Å². The van der Waals surface area contributed by atoms with E-state index in [1.165, 1.54) is 6.26 Å². The van der Waals surface area contributed by atoms with E-state index in [0.29, 0.717) is 6.42 Å². The van der Waals surface area contributed by atoms with Gasteiger partial charge >= 0.3 is 0 Å². The largest absolute Gasteiger partial charge is 0.459 e. The SMILES string of the molecule is NC1CCC(NC(=O)C(Cc2ccccc2)NC(=O)c2ccco2)CC1. The molecule has 1 fully saturated rings. The smallest absolute Gasteiger partial charge is 0.287 e. The summed E-state index contributed by atoms with van der Waals surface area (Å²) in [7, 11) is 0. The van der Waals surface area contributed by atoms with Gasteiger partial charge in [0.2, 0.25) is 5.91 Å². The molecular weight excluding hydrogens is 330 g/mol. The highest BCUT2D eigenvalue weighted by atomic mass is 16.3. The molecule has 4 N–H and O–H groups in total. The van der Waals surface area contributed by atoms with Gasteiger partial charge in [-0.15, -0.1) is 0 Å². The Hall–Kier alpha value is -2.60. The first-order chi connectivity index (χ1) is 12.6. The van der Waals surface area contributed by atoms with E-state index >= 15 is 0 Å². The third kappa shape index (κ3) is 4.95. The van der Waals surface area contributed by atoms with Gasteiger partial charge in [-0.05, 0) is 43.4 Å². The van der Waals surface area contributed by atoms with E-state index in [1.807, 2.05) is 30.3 Å². The van der Waals surface area contributed by atoms with Crippen LogP contribution >= 0.6 is 0 Å². The van der Waals surface area contributed by atoms with Gasteiger partial charge in [-0.1, -0.05) is 30.3 Å². The van der Waals surface area contributed by atoms with Crippen molar-refractivity contribution in [2.75, 3.05) is 0 Å². The van der Waals surface area contributed by atoms with Crippen LogP contribution in [0.1, 0.15) is 41.8 Å². The molecule has 6 nitrogen and oxygen atoms in total. The van der Waals surface area contributed by atoms with Crippen molar-refractivity contribution in [3.05, 3.63) is 60.1 Å². The molecule has 1 aliphatic carbocycles. The molecule has 1 unspecified atom stereocenters. The molecule has 138 valence electrons. The molecule has 0 spiro atoms. The minimum absolute atomic E-state index is 0.112. The minimum Gasteiger partial charge on any atom is -0.459 e. The van der Waals surface area contributed by atoms with Crippen molar-refractivity contribution in [2.45, 2.75) is 50.2 Å². The number of rotatable bonds is 6. The average molecular weight is 355 g/mol. The zero-order valence-corrected chi connectivity index (χ0v) is 14.7. The number of amides is 2. The fraction of sp³-hybridized carbons (Fsp3) is 0.400. The van der Waals surface area contributed by atoms with Gasteiger partial charge in [0.25, 0.3) is 5.91 Å². The molecule has 1 heterocycles. The maximum absolute atomic E-state index is 12.8. The van der Waals surface area contributed by atoms with Gasteiger partial charge in [-0.3, -0.25) is 9.59 Å². The maximum atomic E-state index is 12.8. The number of carbonyl (C=O) groups is 2. The second-order valence-electron chi connectivity index (χ2n) is 6.81. The predicted molar refractivity (Wildman–Crippen MR) is 98.5 cm³/mol. The standard InChI is InChI=1S/C20H25N3O3/c21-15-8-10-16(11-9-15)22-19(24)17(13-14-5-2-1-3-6-14)23-20(25)18-7-4-12-26-18/h1-7,12,15-17H,8-11,13,21H2,(H,22,24)(H,23,25). The van der Waals surface area contributed by atoms with Gasteiger partial charge < -0.3 is 20.8 Å². The van der Waals surface area contributed by atoms with Gasteiger partial charge in [0, 0.05) is 18.5 Å². The molecule has 3 rings (SSSR count). The summed E-state index contributed by atoms with van der Waals surface area (Å²) in [6, 6.07) is 12.5. The summed E-state index contributed by atoms with van der Waals surface area (Å²) in [6.07, 6.45) is 5.42. The summed E-state index contributed by atoms with van der Waals surface area (Å²) in [5.41, 5.74) is 6.91. The second kappa shape index (κ2) is 8.67. The lowest BCUT2D eigenvalue weighted by Crippen LogP contribution is -2.51. The molecule has 1 aromatic carbocycles.